The average Bonchev–Trinajstić information content (AvgIpc) is 2.46. The van der Waals surface area contributed by atoms with Crippen LogP contribution in [-0.2, 0) is 0 Å². The highest BCUT2D eigenvalue weighted by atomic mass is 16.5. The molecular formula is C15H18N2O3. The summed E-state index contributed by atoms with van der Waals surface area (Å²) in [4.78, 5) is 4.02. The van der Waals surface area contributed by atoms with Crippen molar-refractivity contribution in [2.24, 2.45) is 0 Å². The molecule has 1 aromatic carbocycles. The van der Waals surface area contributed by atoms with Crippen molar-refractivity contribution in [3.8, 4) is 11.5 Å². The van der Waals surface area contributed by atoms with Gasteiger partial charge in [-0.2, -0.15) is 0 Å². The average molecular weight is 274 g/mol. The molecule has 1 unspecified atom stereocenters. The molecule has 1 heterocycles. The van der Waals surface area contributed by atoms with Crippen molar-refractivity contribution in [1.82, 2.24) is 4.98 Å². The number of methoxy groups -OCH3 is 2. The molecule has 0 amide bonds. The number of rotatable bonds is 4. The first-order chi connectivity index (χ1) is 9.58. The molecule has 0 aliphatic carbocycles. The summed E-state index contributed by atoms with van der Waals surface area (Å²) in [6.07, 6.45) is 0.763. The summed E-state index contributed by atoms with van der Waals surface area (Å²) in [7, 11) is 3.12. The summed E-state index contributed by atoms with van der Waals surface area (Å²) in [5, 5.41) is 10.5. The van der Waals surface area contributed by atoms with Crippen LogP contribution in [0.5, 0.6) is 11.5 Å². The van der Waals surface area contributed by atoms with Gasteiger partial charge < -0.3 is 20.3 Å². The summed E-state index contributed by atoms with van der Waals surface area (Å²) in [5.41, 5.74) is 8.03. The van der Waals surface area contributed by atoms with E-state index in [1.54, 1.807) is 38.6 Å². The summed E-state index contributed by atoms with van der Waals surface area (Å²) in [5.74, 6) is 1.50. The van der Waals surface area contributed by atoms with E-state index in [0.29, 0.717) is 28.4 Å². The quantitative estimate of drug-likeness (QED) is 0.892. The number of aryl methyl sites for hydroxylation is 1. The first-order valence-corrected chi connectivity index (χ1v) is 6.19. The number of ether oxygens (including phenoxy) is 2. The van der Waals surface area contributed by atoms with Gasteiger partial charge in [0.15, 0.2) is 11.5 Å². The lowest BCUT2D eigenvalue weighted by Gasteiger charge is -2.17. The highest BCUT2D eigenvalue weighted by Crippen LogP contribution is 2.34. The van der Waals surface area contributed by atoms with Gasteiger partial charge in [-0.15, -0.1) is 0 Å². The van der Waals surface area contributed by atoms with Gasteiger partial charge in [-0.25, -0.2) is 4.98 Å². The second kappa shape index (κ2) is 5.79. The molecule has 0 bridgehead atoms. The maximum atomic E-state index is 10.5. The molecule has 0 aliphatic rings. The SMILES string of the molecule is COc1ccc(C(O)c2c(C)ccnc2N)cc1OC. The van der Waals surface area contributed by atoms with Gasteiger partial charge in [-0.1, -0.05) is 6.07 Å². The smallest absolute Gasteiger partial charge is 0.161 e. The van der Waals surface area contributed by atoms with Crippen molar-refractivity contribution < 1.29 is 14.6 Å². The van der Waals surface area contributed by atoms with E-state index in [0.717, 1.165) is 5.56 Å². The molecule has 3 N–H and O–H groups in total. The lowest BCUT2D eigenvalue weighted by molar-refractivity contribution is 0.219. The monoisotopic (exact) mass is 274 g/mol. The van der Waals surface area contributed by atoms with E-state index in [4.69, 9.17) is 15.2 Å². The van der Waals surface area contributed by atoms with Crippen LogP contribution in [0.15, 0.2) is 30.5 Å². The van der Waals surface area contributed by atoms with Gasteiger partial charge in [0.1, 0.15) is 11.9 Å². The third kappa shape index (κ3) is 2.53. The molecule has 2 aromatic rings. The highest BCUT2D eigenvalue weighted by molar-refractivity contribution is 5.51. The van der Waals surface area contributed by atoms with E-state index in [1.807, 2.05) is 13.0 Å². The Kier molecular flexibility index (Phi) is 4.10. The van der Waals surface area contributed by atoms with Crippen LogP contribution < -0.4 is 15.2 Å². The van der Waals surface area contributed by atoms with Crippen LogP contribution in [0.4, 0.5) is 5.82 Å². The number of benzene rings is 1. The molecule has 5 nitrogen and oxygen atoms in total. The Morgan fingerprint density at radius 1 is 1.15 bits per heavy atom. The Morgan fingerprint density at radius 3 is 2.45 bits per heavy atom. The molecule has 0 aliphatic heterocycles. The predicted molar refractivity (Wildman–Crippen MR) is 77.0 cm³/mol. The van der Waals surface area contributed by atoms with Crippen LogP contribution >= 0.6 is 0 Å². The number of nitrogen functional groups attached to an aromatic ring is 1. The van der Waals surface area contributed by atoms with E-state index >= 15 is 0 Å². The maximum absolute atomic E-state index is 10.5. The van der Waals surface area contributed by atoms with Crippen LogP contribution in [0, 0.1) is 6.92 Å². The van der Waals surface area contributed by atoms with Gasteiger partial charge >= 0.3 is 0 Å². The zero-order valence-electron chi connectivity index (χ0n) is 11.8. The van der Waals surface area contributed by atoms with Gasteiger partial charge in [-0.05, 0) is 36.2 Å². The van der Waals surface area contributed by atoms with Crippen molar-refractivity contribution in [3.63, 3.8) is 0 Å². The lowest BCUT2D eigenvalue weighted by atomic mass is 9.98. The first-order valence-electron chi connectivity index (χ1n) is 6.19. The fourth-order valence-electron chi connectivity index (χ4n) is 2.14. The third-order valence-corrected chi connectivity index (χ3v) is 3.24. The number of aliphatic hydroxyl groups excluding tert-OH is 1. The minimum Gasteiger partial charge on any atom is -0.493 e. The Labute approximate surface area is 118 Å². The Balaban J connectivity index is 2.46. The molecule has 106 valence electrons. The van der Waals surface area contributed by atoms with Crippen molar-refractivity contribution in [2.45, 2.75) is 13.0 Å². The molecule has 20 heavy (non-hydrogen) atoms. The third-order valence-electron chi connectivity index (χ3n) is 3.24. The summed E-state index contributed by atoms with van der Waals surface area (Å²) >= 11 is 0. The van der Waals surface area contributed by atoms with Gasteiger partial charge in [0, 0.05) is 11.8 Å². The molecule has 0 spiro atoms. The molecule has 0 fully saturated rings. The minimum absolute atomic E-state index is 0.326. The van der Waals surface area contributed by atoms with Gasteiger partial charge in [-0.3, -0.25) is 0 Å². The first kappa shape index (κ1) is 14.1. The van der Waals surface area contributed by atoms with Gasteiger partial charge in [0.25, 0.3) is 0 Å². The van der Waals surface area contributed by atoms with Crippen LogP contribution in [0.25, 0.3) is 0 Å². The molecule has 2 rings (SSSR count). The van der Waals surface area contributed by atoms with Gasteiger partial charge in [0.05, 0.1) is 14.2 Å². The Bertz CT molecular complexity index is 594. The second-order valence-corrected chi connectivity index (χ2v) is 4.44. The molecule has 0 radical (unpaired) electrons. The van der Waals surface area contributed by atoms with E-state index < -0.39 is 6.10 Å². The van der Waals surface area contributed by atoms with Crippen molar-refractivity contribution in [3.05, 3.63) is 47.2 Å². The number of hydrogen-bond acceptors (Lipinski definition) is 5. The highest BCUT2D eigenvalue weighted by Gasteiger charge is 2.18. The van der Waals surface area contributed by atoms with Crippen molar-refractivity contribution in [2.75, 3.05) is 20.0 Å². The number of pyridine rings is 1. The zero-order valence-corrected chi connectivity index (χ0v) is 11.8. The van der Waals surface area contributed by atoms with Crippen LogP contribution in [0.3, 0.4) is 0 Å². The Morgan fingerprint density at radius 2 is 1.85 bits per heavy atom. The van der Waals surface area contributed by atoms with Gasteiger partial charge in [0.2, 0.25) is 0 Å². The van der Waals surface area contributed by atoms with E-state index in [1.165, 1.54) is 0 Å². The number of aromatic nitrogens is 1. The number of aliphatic hydroxyl groups is 1. The fraction of sp³-hybridized carbons (Fsp3) is 0.267. The largest absolute Gasteiger partial charge is 0.493 e. The number of nitrogens with zero attached hydrogens (tertiary/aromatic N) is 1. The molecule has 0 saturated carbocycles. The standard InChI is InChI=1S/C15H18N2O3/c1-9-6-7-17-15(16)13(9)14(18)10-4-5-11(19-2)12(8-10)20-3/h4-8,14,18H,1-3H3,(H2,16,17). The minimum atomic E-state index is -0.858. The number of anilines is 1. The van der Waals surface area contributed by atoms with Crippen LogP contribution in [0.2, 0.25) is 0 Å². The number of nitrogens with two attached hydrogens (primary N) is 1. The van der Waals surface area contributed by atoms with E-state index in [2.05, 4.69) is 4.98 Å². The zero-order chi connectivity index (χ0) is 14.7. The second-order valence-electron chi connectivity index (χ2n) is 4.44. The topological polar surface area (TPSA) is 77.6 Å². The fourth-order valence-corrected chi connectivity index (χ4v) is 2.14. The summed E-state index contributed by atoms with van der Waals surface area (Å²) in [6.45, 7) is 1.89. The van der Waals surface area contributed by atoms with E-state index in [9.17, 15) is 5.11 Å². The van der Waals surface area contributed by atoms with Crippen molar-refractivity contribution >= 4 is 5.82 Å². The number of hydrogen-bond donors (Lipinski definition) is 2. The molecular weight excluding hydrogens is 256 g/mol. The lowest BCUT2D eigenvalue weighted by Crippen LogP contribution is -2.08. The maximum Gasteiger partial charge on any atom is 0.161 e. The van der Waals surface area contributed by atoms with E-state index in [-0.39, 0.29) is 0 Å². The van der Waals surface area contributed by atoms with Crippen LogP contribution in [-0.4, -0.2) is 24.3 Å². The summed E-state index contributed by atoms with van der Waals surface area (Å²) < 4.78 is 10.4. The molecule has 5 heteroatoms. The molecule has 1 aromatic heterocycles. The Hall–Kier alpha value is -2.27. The normalized spacial score (nSPS) is 12.0. The van der Waals surface area contributed by atoms with Crippen LogP contribution in [0.1, 0.15) is 22.8 Å². The molecule has 0 saturated heterocycles. The summed E-state index contributed by atoms with van der Waals surface area (Å²) in [6, 6.07) is 7.07. The molecule has 1 atom stereocenters. The predicted octanol–water partition coefficient (Wildman–Crippen LogP) is 2.07. The van der Waals surface area contributed by atoms with Crippen molar-refractivity contribution in [1.29, 1.82) is 0 Å².